The molecule has 19 heavy (non-hydrogen) atoms. The van der Waals surface area contributed by atoms with Gasteiger partial charge < -0.3 is 10.2 Å². The molecule has 2 nitrogen and oxygen atoms in total. The fourth-order valence-electron chi connectivity index (χ4n) is 2.33. The van der Waals surface area contributed by atoms with Crippen molar-refractivity contribution in [2.45, 2.75) is 96.2 Å². The molecule has 0 aromatic rings. The molecule has 0 aliphatic heterocycles. The van der Waals surface area contributed by atoms with Crippen molar-refractivity contribution in [1.82, 2.24) is 0 Å². The topological polar surface area (TPSA) is 40.5 Å². The van der Waals surface area contributed by atoms with E-state index in [4.69, 9.17) is 0 Å². The maximum absolute atomic E-state index is 9.85. The van der Waals surface area contributed by atoms with Crippen LogP contribution in [0.4, 0.5) is 0 Å². The Balaban J connectivity index is 3.30. The van der Waals surface area contributed by atoms with E-state index >= 15 is 0 Å². The molecule has 0 aliphatic carbocycles. The Labute approximate surface area is 125 Å². The highest BCUT2D eigenvalue weighted by Gasteiger charge is 2.09. The highest BCUT2D eigenvalue weighted by Crippen LogP contribution is 2.14. The van der Waals surface area contributed by atoms with Crippen molar-refractivity contribution >= 4 is 12.6 Å². The van der Waals surface area contributed by atoms with Gasteiger partial charge in [-0.25, -0.2) is 0 Å². The van der Waals surface area contributed by atoms with Crippen LogP contribution in [-0.2, 0) is 0 Å². The van der Waals surface area contributed by atoms with Gasteiger partial charge in [-0.1, -0.05) is 51.9 Å². The molecule has 0 bridgehead atoms. The molecule has 3 heteroatoms. The summed E-state index contributed by atoms with van der Waals surface area (Å²) in [4.78, 5) is 0. The summed E-state index contributed by atoms with van der Waals surface area (Å²) in [5, 5.41) is 19.6. The van der Waals surface area contributed by atoms with Crippen LogP contribution in [0.15, 0.2) is 0 Å². The van der Waals surface area contributed by atoms with Gasteiger partial charge in [0, 0.05) is 0 Å². The summed E-state index contributed by atoms with van der Waals surface area (Å²) in [5.41, 5.74) is 0. The molecule has 0 saturated heterocycles. The molecule has 0 spiro atoms. The SMILES string of the molecule is CCCCCCCCC(O)CCC(O)CCCCS. The van der Waals surface area contributed by atoms with Crippen LogP contribution in [0.25, 0.3) is 0 Å². The second kappa shape index (κ2) is 14.7. The number of hydrogen-bond donors (Lipinski definition) is 3. The van der Waals surface area contributed by atoms with E-state index in [1.807, 2.05) is 0 Å². The zero-order valence-corrected chi connectivity index (χ0v) is 13.6. The van der Waals surface area contributed by atoms with E-state index < -0.39 is 0 Å². The van der Waals surface area contributed by atoms with Crippen LogP contribution in [0.5, 0.6) is 0 Å². The third-order valence-corrected chi connectivity index (χ3v) is 3.99. The minimum absolute atomic E-state index is 0.217. The lowest BCUT2D eigenvalue weighted by molar-refractivity contribution is 0.101. The molecular weight excluding hydrogens is 256 g/mol. The summed E-state index contributed by atoms with van der Waals surface area (Å²) in [7, 11) is 0. The molecule has 0 rings (SSSR count). The van der Waals surface area contributed by atoms with Crippen molar-refractivity contribution in [2.75, 3.05) is 5.75 Å². The largest absolute Gasteiger partial charge is 0.393 e. The number of hydrogen-bond acceptors (Lipinski definition) is 3. The van der Waals surface area contributed by atoms with Gasteiger partial charge in [-0.2, -0.15) is 12.6 Å². The second-order valence-electron chi connectivity index (χ2n) is 5.66. The average Bonchev–Trinajstić information content (AvgIpc) is 2.40. The molecule has 0 aromatic carbocycles. The summed E-state index contributed by atoms with van der Waals surface area (Å²) >= 11 is 4.16. The first-order chi connectivity index (χ1) is 9.20. The van der Waals surface area contributed by atoms with E-state index in [1.165, 1.54) is 32.1 Å². The molecule has 0 aliphatic rings. The molecule has 0 radical (unpaired) electrons. The summed E-state index contributed by atoms with van der Waals surface area (Å²) < 4.78 is 0. The van der Waals surface area contributed by atoms with Gasteiger partial charge in [0.15, 0.2) is 0 Å². The predicted octanol–water partition coefficient (Wildman–Crippen LogP) is 4.34. The van der Waals surface area contributed by atoms with Crippen molar-refractivity contribution in [3.05, 3.63) is 0 Å². The van der Waals surface area contributed by atoms with E-state index in [9.17, 15) is 10.2 Å². The summed E-state index contributed by atoms with van der Waals surface area (Å²) in [5.74, 6) is 0.896. The van der Waals surface area contributed by atoms with Crippen LogP contribution in [0, 0.1) is 0 Å². The minimum atomic E-state index is -0.237. The number of rotatable bonds is 14. The van der Waals surface area contributed by atoms with E-state index in [1.54, 1.807) is 0 Å². The van der Waals surface area contributed by atoms with Gasteiger partial charge in [0.05, 0.1) is 12.2 Å². The lowest BCUT2D eigenvalue weighted by Crippen LogP contribution is -2.13. The number of aliphatic hydroxyl groups is 2. The van der Waals surface area contributed by atoms with Crippen LogP contribution in [-0.4, -0.2) is 28.2 Å². The van der Waals surface area contributed by atoms with Gasteiger partial charge in [-0.3, -0.25) is 0 Å². The van der Waals surface area contributed by atoms with Crippen molar-refractivity contribution < 1.29 is 10.2 Å². The molecule has 0 aromatic heterocycles. The molecular formula is C16H34O2S. The Morgan fingerprint density at radius 1 is 0.684 bits per heavy atom. The molecule has 116 valence electrons. The van der Waals surface area contributed by atoms with Crippen molar-refractivity contribution in [1.29, 1.82) is 0 Å². The first-order valence-electron chi connectivity index (χ1n) is 8.17. The molecule has 2 unspecified atom stereocenters. The Bertz CT molecular complexity index is 176. The lowest BCUT2D eigenvalue weighted by atomic mass is 10.0. The van der Waals surface area contributed by atoms with Crippen LogP contribution < -0.4 is 0 Å². The monoisotopic (exact) mass is 290 g/mol. The fraction of sp³-hybridized carbons (Fsp3) is 1.00. The predicted molar refractivity (Wildman–Crippen MR) is 86.9 cm³/mol. The van der Waals surface area contributed by atoms with E-state index in [0.717, 1.165) is 50.7 Å². The number of thiol groups is 1. The van der Waals surface area contributed by atoms with Gasteiger partial charge in [0.1, 0.15) is 0 Å². The third-order valence-electron chi connectivity index (χ3n) is 3.67. The summed E-state index contributed by atoms with van der Waals surface area (Å²) in [6.45, 7) is 2.23. The molecule has 0 heterocycles. The molecule has 0 saturated carbocycles. The maximum Gasteiger partial charge on any atom is 0.0541 e. The lowest BCUT2D eigenvalue weighted by Gasteiger charge is -2.14. The highest BCUT2D eigenvalue weighted by molar-refractivity contribution is 7.80. The smallest absolute Gasteiger partial charge is 0.0541 e. The second-order valence-corrected chi connectivity index (χ2v) is 6.11. The molecule has 2 atom stereocenters. The zero-order valence-electron chi connectivity index (χ0n) is 12.7. The van der Waals surface area contributed by atoms with Crippen LogP contribution in [0.1, 0.15) is 84.0 Å². The third kappa shape index (κ3) is 14.5. The zero-order chi connectivity index (χ0) is 14.3. The Morgan fingerprint density at radius 3 is 1.68 bits per heavy atom. The summed E-state index contributed by atoms with van der Waals surface area (Å²) in [6, 6.07) is 0. The van der Waals surface area contributed by atoms with Crippen LogP contribution >= 0.6 is 12.6 Å². The number of aliphatic hydroxyl groups excluding tert-OH is 2. The van der Waals surface area contributed by atoms with Gasteiger partial charge in [-0.15, -0.1) is 0 Å². The quantitative estimate of drug-likeness (QED) is 0.329. The van der Waals surface area contributed by atoms with E-state index in [0.29, 0.717) is 0 Å². The first kappa shape index (κ1) is 19.3. The number of unbranched alkanes of at least 4 members (excludes halogenated alkanes) is 6. The molecule has 2 N–H and O–H groups in total. The first-order valence-corrected chi connectivity index (χ1v) is 8.81. The molecule has 0 amide bonds. The van der Waals surface area contributed by atoms with Gasteiger partial charge in [0.25, 0.3) is 0 Å². The van der Waals surface area contributed by atoms with Gasteiger partial charge in [-0.05, 0) is 37.9 Å². The van der Waals surface area contributed by atoms with Crippen LogP contribution in [0.2, 0.25) is 0 Å². The average molecular weight is 291 g/mol. The van der Waals surface area contributed by atoms with Crippen molar-refractivity contribution in [2.24, 2.45) is 0 Å². The normalized spacial score (nSPS) is 14.5. The van der Waals surface area contributed by atoms with Crippen molar-refractivity contribution in [3.63, 3.8) is 0 Å². The Morgan fingerprint density at radius 2 is 1.16 bits per heavy atom. The van der Waals surface area contributed by atoms with Crippen LogP contribution in [0.3, 0.4) is 0 Å². The standard InChI is InChI=1S/C16H34O2S/c1-2-3-4-5-6-7-10-15(17)12-13-16(18)11-8-9-14-19/h15-19H,2-14H2,1H3. The molecule has 0 fully saturated rings. The maximum atomic E-state index is 9.85. The van der Waals surface area contributed by atoms with Gasteiger partial charge >= 0.3 is 0 Å². The fourth-order valence-corrected chi connectivity index (χ4v) is 2.55. The van der Waals surface area contributed by atoms with E-state index in [-0.39, 0.29) is 12.2 Å². The highest BCUT2D eigenvalue weighted by atomic mass is 32.1. The Kier molecular flexibility index (Phi) is 14.9. The van der Waals surface area contributed by atoms with Crippen molar-refractivity contribution in [3.8, 4) is 0 Å². The van der Waals surface area contributed by atoms with E-state index in [2.05, 4.69) is 19.6 Å². The minimum Gasteiger partial charge on any atom is -0.393 e. The van der Waals surface area contributed by atoms with Gasteiger partial charge in [0.2, 0.25) is 0 Å². The Hall–Kier alpha value is 0.270. The summed E-state index contributed by atoms with van der Waals surface area (Å²) in [6.07, 6.45) is 12.5.